The third-order valence-electron chi connectivity index (χ3n) is 4.21. The predicted molar refractivity (Wildman–Crippen MR) is 104 cm³/mol. The van der Waals surface area contributed by atoms with E-state index in [0.29, 0.717) is 19.4 Å². The van der Waals surface area contributed by atoms with Gasteiger partial charge in [-0.05, 0) is 32.1 Å². The molecule has 140 valence electrons. The van der Waals surface area contributed by atoms with Crippen molar-refractivity contribution in [2.75, 3.05) is 12.3 Å². The van der Waals surface area contributed by atoms with Gasteiger partial charge in [0.2, 0.25) is 7.01 Å². The lowest BCUT2D eigenvalue weighted by molar-refractivity contribution is -0.132. The Balaban J connectivity index is 2.96. The van der Waals surface area contributed by atoms with Gasteiger partial charge in [-0.15, -0.1) is 0 Å². The lowest BCUT2D eigenvalue weighted by Gasteiger charge is -2.29. The van der Waals surface area contributed by atoms with Crippen molar-refractivity contribution in [1.29, 1.82) is 0 Å². The van der Waals surface area contributed by atoms with Gasteiger partial charge < -0.3 is 10.1 Å². The van der Waals surface area contributed by atoms with Crippen LogP contribution in [0.1, 0.15) is 64.7 Å². The third kappa shape index (κ3) is 8.15. The molecule has 1 aliphatic carbocycles. The maximum atomic E-state index is 11.3. The number of halogens is 1. The van der Waals surface area contributed by atoms with Gasteiger partial charge in [-0.3, -0.25) is 5.21 Å². The highest BCUT2D eigenvalue weighted by atomic mass is 127. The normalized spacial score (nSPS) is 21.3. The second kappa shape index (κ2) is 11.3. The third-order valence-corrected chi connectivity index (χ3v) is 6.22. The van der Waals surface area contributed by atoms with Crippen molar-refractivity contribution >= 4 is 34.5 Å². The van der Waals surface area contributed by atoms with E-state index >= 15 is 0 Å². The molecule has 6 nitrogen and oxygen atoms in total. The van der Waals surface area contributed by atoms with Gasteiger partial charge in [0.1, 0.15) is 12.3 Å². The molecule has 0 radical (unpaired) electrons. The van der Waals surface area contributed by atoms with Crippen molar-refractivity contribution in [3.63, 3.8) is 0 Å². The largest absolute Gasteiger partial charge is 0.386 e. The Morgan fingerprint density at radius 2 is 1.88 bits per heavy atom. The van der Waals surface area contributed by atoms with Gasteiger partial charge in [-0.25, -0.2) is 13.5 Å². The Bertz CT molecular complexity index is 522. The van der Waals surface area contributed by atoms with Crippen LogP contribution in [-0.4, -0.2) is 43.3 Å². The lowest BCUT2D eigenvalue weighted by Crippen LogP contribution is -2.36. The minimum Gasteiger partial charge on any atom is -0.386 e. The van der Waals surface area contributed by atoms with Crippen LogP contribution < -0.4 is 5.32 Å². The fraction of sp³-hybridized carbons (Fsp3) is 0.812. The van der Waals surface area contributed by atoms with Crippen LogP contribution in [0.4, 0.5) is 0 Å². The summed E-state index contributed by atoms with van der Waals surface area (Å²) in [6, 6.07) is -0.545. The molecule has 0 saturated heterocycles. The number of rotatable bonds is 9. The van der Waals surface area contributed by atoms with E-state index in [2.05, 4.69) is 5.32 Å². The van der Waals surface area contributed by atoms with Crippen molar-refractivity contribution in [2.45, 2.75) is 70.8 Å². The zero-order chi connectivity index (χ0) is 18.0. The van der Waals surface area contributed by atoms with E-state index in [1.165, 1.54) is 27.6 Å². The second-order valence-electron chi connectivity index (χ2n) is 6.20. The summed E-state index contributed by atoms with van der Waals surface area (Å²) in [5.74, 6) is 0.0435. The van der Waals surface area contributed by atoms with Crippen LogP contribution in [-0.2, 0) is 11.8 Å². The number of carbonyl (C=O) groups excluding carboxylic acids is 1. The summed E-state index contributed by atoms with van der Waals surface area (Å²) < 4.78 is 22.7. The van der Waals surface area contributed by atoms with Gasteiger partial charge in [0, 0.05) is 12.2 Å². The van der Waals surface area contributed by atoms with Gasteiger partial charge in [-0.1, -0.05) is 32.6 Å². The maximum Gasteiger partial charge on any atom is 0.204 e. The fourth-order valence-corrected chi connectivity index (χ4v) is 3.94. The highest BCUT2D eigenvalue weighted by Gasteiger charge is 2.22. The van der Waals surface area contributed by atoms with Crippen molar-refractivity contribution in [3.8, 4) is 0 Å². The summed E-state index contributed by atoms with van der Waals surface area (Å²) in [7, 11) is -3.06. The summed E-state index contributed by atoms with van der Waals surface area (Å²) in [5, 5.41) is 14.9. The molecular weight excluding hydrogens is 443 g/mol. The minimum atomic E-state index is -3.06. The first-order valence-corrected chi connectivity index (χ1v) is 12.9. The van der Waals surface area contributed by atoms with Crippen LogP contribution in [0.5, 0.6) is 0 Å². The molecule has 0 spiro atoms. The molecule has 0 amide bonds. The van der Waals surface area contributed by atoms with E-state index < -0.39 is 13.1 Å². The van der Waals surface area contributed by atoms with Crippen molar-refractivity contribution in [2.24, 2.45) is 0 Å². The average Bonchev–Trinajstić information content (AvgIpc) is 2.63. The number of hydrogen-bond donors (Lipinski definition) is 2. The number of carbonyl (C=O) groups is 1. The van der Waals surface area contributed by atoms with Gasteiger partial charge >= 0.3 is 0 Å². The molecule has 0 saturated carbocycles. The highest BCUT2D eigenvalue weighted by Crippen LogP contribution is 2.25. The number of nitrogens with one attached hydrogen (secondary N) is 1. The van der Waals surface area contributed by atoms with Gasteiger partial charge in [0.15, 0.2) is 0 Å². The standard InChI is InChI=1S/C16H29IN2O4S/c1-2-8-14(13-20)19(21)16-10-7-5-3-4-6-9-15(16)18-11-12-24(17,22)23/h13-14,18,21H,2-12H2,1H3/b16-15-. The van der Waals surface area contributed by atoms with Crippen molar-refractivity contribution in [1.82, 2.24) is 10.4 Å². The Hall–Kier alpha value is -0.350. The van der Waals surface area contributed by atoms with E-state index in [1.54, 1.807) is 0 Å². The first kappa shape index (κ1) is 21.7. The topological polar surface area (TPSA) is 86.7 Å². The minimum absolute atomic E-state index is 0.0435. The van der Waals surface area contributed by atoms with Gasteiger partial charge in [0.25, 0.3) is 0 Å². The van der Waals surface area contributed by atoms with Crippen LogP contribution in [0.25, 0.3) is 0 Å². The molecule has 1 rings (SSSR count). The number of nitrogens with zero attached hydrogens (tertiary/aromatic N) is 1. The first-order valence-electron chi connectivity index (χ1n) is 8.70. The Morgan fingerprint density at radius 1 is 1.25 bits per heavy atom. The molecular formula is C16H29IN2O4S. The maximum absolute atomic E-state index is 11.3. The summed E-state index contributed by atoms with van der Waals surface area (Å²) in [5.41, 5.74) is 1.62. The summed E-state index contributed by atoms with van der Waals surface area (Å²) in [4.78, 5) is 11.3. The molecule has 0 aliphatic heterocycles. The smallest absolute Gasteiger partial charge is 0.204 e. The Morgan fingerprint density at radius 3 is 2.46 bits per heavy atom. The molecule has 1 aliphatic rings. The number of hydrogen-bond acceptors (Lipinski definition) is 6. The van der Waals surface area contributed by atoms with Crippen LogP contribution >= 0.6 is 21.2 Å². The first-order chi connectivity index (χ1) is 11.4. The molecule has 8 heteroatoms. The number of aldehydes is 1. The van der Waals surface area contributed by atoms with Gasteiger partial charge in [-0.2, -0.15) is 0 Å². The molecule has 24 heavy (non-hydrogen) atoms. The Labute approximate surface area is 157 Å². The molecule has 0 fully saturated rings. The average molecular weight is 472 g/mol. The molecule has 0 bridgehead atoms. The van der Waals surface area contributed by atoms with Crippen LogP contribution in [0.2, 0.25) is 0 Å². The Kier molecular flexibility index (Phi) is 10.2. The number of hydroxylamine groups is 2. The monoisotopic (exact) mass is 472 g/mol. The molecule has 1 atom stereocenters. The molecule has 2 N–H and O–H groups in total. The summed E-state index contributed by atoms with van der Waals surface area (Å²) in [6.45, 7) is 2.30. The van der Waals surface area contributed by atoms with Crippen LogP contribution in [0, 0.1) is 0 Å². The molecule has 0 aromatic rings. The van der Waals surface area contributed by atoms with E-state index in [0.717, 1.165) is 61.3 Å². The quantitative estimate of drug-likeness (QED) is 0.232. The van der Waals surface area contributed by atoms with E-state index in [-0.39, 0.29) is 5.75 Å². The SMILES string of the molecule is CCCC(C=O)N(O)/C1=C(\NCCS(=O)(=O)I)CCCCCCC1. The highest BCUT2D eigenvalue weighted by molar-refractivity contribution is 14.2. The predicted octanol–water partition coefficient (Wildman–Crippen LogP) is 3.36. The summed E-state index contributed by atoms with van der Waals surface area (Å²) >= 11 is 1.45. The van der Waals surface area contributed by atoms with E-state index in [1.807, 2.05) is 6.92 Å². The molecule has 0 heterocycles. The second-order valence-corrected chi connectivity index (χ2v) is 11.7. The van der Waals surface area contributed by atoms with Crippen LogP contribution in [0.15, 0.2) is 11.4 Å². The zero-order valence-corrected chi connectivity index (χ0v) is 17.3. The van der Waals surface area contributed by atoms with Gasteiger partial charge in [0.05, 0.1) is 32.7 Å². The summed E-state index contributed by atoms with van der Waals surface area (Å²) in [6.07, 6.45) is 9.01. The van der Waals surface area contributed by atoms with Crippen molar-refractivity contribution in [3.05, 3.63) is 11.4 Å². The van der Waals surface area contributed by atoms with E-state index in [9.17, 15) is 18.4 Å². The molecule has 0 aromatic heterocycles. The molecule has 1 unspecified atom stereocenters. The fourth-order valence-electron chi connectivity index (χ4n) is 2.93. The van der Waals surface area contributed by atoms with Crippen molar-refractivity contribution < 1.29 is 18.4 Å². The number of allylic oxidation sites excluding steroid dienone is 2. The lowest BCUT2D eigenvalue weighted by atomic mass is 10.1. The zero-order valence-electron chi connectivity index (χ0n) is 14.3. The van der Waals surface area contributed by atoms with Crippen LogP contribution in [0.3, 0.4) is 0 Å². The van der Waals surface area contributed by atoms with E-state index in [4.69, 9.17) is 0 Å². The molecule has 0 aromatic carbocycles.